The first-order chi connectivity index (χ1) is 20.3. The Kier molecular flexibility index (Phi) is 7.30. The highest BCUT2D eigenvalue weighted by molar-refractivity contribution is 5.96. The van der Waals surface area contributed by atoms with Gasteiger partial charge in [0.15, 0.2) is 11.5 Å². The summed E-state index contributed by atoms with van der Waals surface area (Å²) in [7, 11) is 5.75. The molecule has 1 fully saturated rings. The first kappa shape index (κ1) is 27.7. The smallest absolute Gasteiger partial charge is 0.270 e. The van der Waals surface area contributed by atoms with Gasteiger partial charge < -0.3 is 34.1 Å². The van der Waals surface area contributed by atoms with Crippen LogP contribution in [0.3, 0.4) is 0 Å². The molecule has 3 aromatic rings. The highest BCUT2D eigenvalue weighted by atomic mass is 16.5. The highest BCUT2D eigenvalue weighted by Gasteiger charge is 2.53. The molecule has 2 aromatic carbocycles. The van der Waals surface area contributed by atoms with Crippen molar-refractivity contribution >= 4 is 23.4 Å². The molecule has 0 unspecified atom stereocenters. The van der Waals surface area contributed by atoms with Crippen molar-refractivity contribution in [1.29, 1.82) is 0 Å². The van der Waals surface area contributed by atoms with Gasteiger partial charge in [-0.1, -0.05) is 12.1 Å². The summed E-state index contributed by atoms with van der Waals surface area (Å²) >= 11 is 0. The Hall–Kier alpha value is -4.47. The monoisotopic (exact) mass is 571 g/mol. The zero-order valence-electron chi connectivity index (χ0n) is 24.3. The van der Waals surface area contributed by atoms with Crippen molar-refractivity contribution in [2.45, 2.75) is 12.3 Å². The maximum absolute atomic E-state index is 13.7. The molecule has 4 aliphatic rings. The van der Waals surface area contributed by atoms with Crippen LogP contribution in [0.2, 0.25) is 0 Å². The zero-order chi connectivity index (χ0) is 29.4. The number of para-hydroxylation sites is 1. The Bertz CT molecular complexity index is 1500. The number of benzene rings is 2. The molecule has 10 nitrogen and oxygen atoms in total. The van der Waals surface area contributed by atoms with Gasteiger partial charge in [-0.25, -0.2) is 0 Å². The van der Waals surface area contributed by atoms with Crippen molar-refractivity contribution in [1.82, 2.24) is 19.7 Å². The number of carbonyl (C=O) groups is 3. The van der Waals surface area contributed by atoms with Crippen molar-refractivity contribution in [3.05, 3.63) is 77.6 Å². The van der Waals surface area contributed by atoms with Gasteiger partial charge in [-0.2, -0.15) is 0 Å². The Morgan fingerprint density at radius 1 is 1.00 bits per heavy atom. The third-order valence-electron chi connectivity index (χ3n) is 8.71. The lowest BCUT2D eigenvalue weighted by molar-refractivity contribution is -0.122. The molecule has 7 rings (SSSR count). The third-order valence-corrected chi connectivity index (χ3v) is 8.71. The Morgan fingerprint density at radius 2 is 1.81 bits per heavy atom. The summed E-state index contributed by atoms with van der Waals surface area (Å²) in [6, 6.07) is 17.1. The number of ether oxygens (including phenoxy) is 2. The third kappa shape index (κ3) is 5.06. The fourth-order valence-corrected chi connectivity index (χ4v) is 6.34. The first-order valence-electron chi connectivity index (χ1n) is 14.4. The number of fused-ring (bicyclic) bond motifs is 9. The van der Waals surface area contributed by atoms with Crippen LogP contribution in [0.4, 0.5) is 5.69 Å². The number of hydrogen-bond donors (Lipinski definition) is 1. The van der Waals surface area contributed by atoms with Crippen LogP contribution >= 0.6 is 0 Å². The van der Waals surface area contributed by atoms with Crippen molar-refractivity contribution in [2.75, 3.05) is 64.9 Å². The molecule has 220 valence electrons. The van der Waals surface area contributed by atoms with Gasteiger partial charge in [-0.15, -0.1) is 0 Å². The molecule has 42 heavy (non-hydrogen) atoms. The SMILES string of the molecule is CN(C)c1ccc(C(=O)N2C[C@H]3c4cccc5c4OC[C@@]3(CNC(=O)CN(C(=O)c3cccn3C)CCCO5)C2)cc1. The second-order valence-corrected chi connectivity index (χ2v) is 11.7. The van der Waals surface area contributed by atoms with Crippen molar-refractivity contribution < 1.29 is 23.9 Å². The van der Waals surface area contributed by atoms with Gasteiger partial charge in [0.2, 0.25) is 5.91 Å². The fraction of sp³-hybridized carbons (Fsp3) is 0.406. The van der Waals surface area contributed by atoms with Crippen molar-refractivity contribution in [2.24, 2.45) is 12.5 Å². The molecule has 0 aliphatic carbocycles. The topological polar surface area (TPSA) is 96.4 Å². The molecule has 5 heterocycles. The van der Waals surface area contributed by atoms with Gasteiger partial charge in [0, 0.05) is 81.7 Å². The van der Waals surface area contributed by atoms with E-state index in [1.807, 2.05) is 85.7 Å². The van der Waals surface area contributed by atoms with E-state index in [0.29, 0.717) is 68.6 Å². The molecular weight excluding hydrogens is 534 g/mol. The normalized spacial score (nSPS) is 22.0. The summed E-state index contributed by atoms with van der Waals surface area (Å²) in [5.41, 5.74) is 2.63. The maximum atomic E-state index is 13.7. The molecule has 10 heteroatoms. The van der Waals surface area contributed by atoms with E-state index in [1.165, 1.54) is 0 Å². The number of likely N-dealkylation sites (tertiary alicyclic amines) is 1. The molecule has 1 spiro atoms. The molecule has 3 amide bonds. The summed E-state index contributed by atoms with van der Waals surface area (Å²) in [6.45, 7) is 2.25. The number of carbonyl (C=O) groups excluding carboxylic acids is 3. The van der Waals surface area contributed by atoms with Crippen LogP contribution in [-0.2, 0) is 11.8 Å². The minimum absolute atomic E-state index is 0.0494. The summed E-state index contributed by atoms with van der Waals surface area (Å²) in [5, 5.41) is 3.11. The number of amides is 3. The first-order valence-corrected chi connectivity index (χ1v) is 14.4. The molecule has 4 bridgehead atoms. The van der Waals surface area contributed by atoms with Crippen LogP contribution in [0.15, 0.2) is 60.8 Å². The van der Waals surface area contributed by atoms with Gasteiger partial charge in [0.1, 0.15) is 5.69 Å². The van der Waals surface area contributed by atoms with Crippen LogP contribution in [0.1, 0.15) is 38.7 Å². The standard InChI is InChI=1S/C32H37N5O5/c1-34(2)23-12-10-22(11-13-23)30(39)37-17-25-24-7-4-9-27-29(24)42-21-32(25,20-37)19-33-28(38)18-36(15-6-16-41-27)31(40)26-8-5-14-35(26)3/h4-5,7-14,25H,6,15-21H2,1-3H3,(H,33,38)/t25-,32+/m0/s1. The second kappa shape index (κ2) is 11.1. The van der Waals surface area contributed by atoms with E-state index in [4.69, 9.17) is 9.47 Å². The maximum Gasteiger partial charge on any atom is 0.270 e. The Labute approximate surface area is 245 Å². The van der Waals surface area contributed by atoms with Crippen LogP contribution in [-0.4, -0.2) is 92.1 Å². The summed E-state index contributed by atoms with van der Waals surface area (Å²) in [6.07, 6.45) is 2.37. The summed E-state index contributed by atoms with van der Waals surface area (Å²) in [4.78, 5) is 45.8. The van der Waals surface area contributed by atoms with E-state index in [2.05, 4.69) is 5.32 Å². The van der Waals surface area contributed by atoms with Gasteiger partial charge >= 0.3 is 0 Å². The fourth-order valence-electron chi connectivity index (χ4n) is 6.34. The number of aryl methyl sites for hydroxylation is 1. The largest absolute Gasteiger partial charge is 0.490 e. The molecule has 2 atom stereocenters. The molecule has 1 N–H and O–H groups in total. The van der Waals surface area contributed by atoms with E-state index >= 15 is 0 Å². The minimum Gasteiger partial charge on any atom is -0.490 e. The van der Waals surface area contributed by atoms with Gasteiger partial charge in [0.05, 0.1) is 19.8 Å². The molecule has 4 aliphatic heterocycles. The molecule has 1 aromatic heterocycles. The van der Waals surface area contributed by atoms with E-state index in [0.717, 1.165) is 11.3 Å². The number of aromatic nitrogens is 1. The minimum atomic E-state index is -0.530. The molecule has 0 saturated carbocycles. The van der Waals surface area contributed by atoms with Gasteiger partial charge in [0.25, 0.3) is 11.8 Å². The van der Waals surface area contributed by atoms with E-state index < -0.39 is 5.41 Å². The van der Waals surface area contributed by atoms with Gasteiger partial charge in [-0.3, -0.25) is 14.4 Å². The van der Waals surface area contributed by atoms with Crippen LogP contribution < -0.4 is 19.7 Å². The Balaban J connectivity index is 1.29. The average Bonchev–Trinajstić information content (AvgIpc) is 3.60. The van der Waals surface area contributed by atoms with E-state index in [1.54, 1.807) is 15.5 Å². The zero-order valence-corrected chi connectivity index (χ0v) is 24.3. The predicted molar refractivity (Wildman–Crippen MR) is 158 cm³/mol. The molecular formula is C32H37N5O5. The lowest BCUT2D eigenvalue weighted by Crippen LogP contribution is -2.50. The Morgan fingerprint density at radius 3 is 2.55 bits per heavy atom. The number of anilines is 1. The number of nitrogens with one attached hydrogen (secondary N) is 1. The van der Waals surface area contributed by atoms with Gasteiger partial charge in [-0.05, 0) is 48.9 Å². The van der Waals surface area contributed by atoms with E-state index in [9.17, 15) is 14.4 Å². The number of nitrogens with zero attached hydrogens (tertiary/aromatic N) is 4. The quantitative estimate of drug-likeness (QED) is 0.520. The van der Waals surface area contributed by atoms with Crippen LogP contribution in [0.5, 0.6) is 11.5 Å². The van der Waals surface area contributed by atoms with Crippen molar-refractivity contribution in [3.8, 4) is 11.5 Å². The van der Waals surface area contributed by atoms with Crippen molar-refractivity contribution in [3.63, 3.8) is 0 Å². The van der Waals surface area contributed by atoms with E-state index in [-0.39, 0.29) is 30.2 Å². The van der Waals surface area contributed by atoms with Crippen LogP contribution in [0, 0.1) is 5.41 Å². The number of hydrogen-bond acceptors (Lipinski definition) is 6. The second-order valence-electron chi connectivity index (χ2n) is 11.7. The molecule has 0 radical (unpaired) electrons. The molecule has 1 saturated heterocycles. The highest BCUT2D eigenvalue weighted by Crippen LogP contribution is 2.52. The average molecular weight is 572 g/mol. The lowest BCUT2D eigenvalue weighted by Gasteiger charge is -2.40. The number of rotatable bonds is 3. The summed E-state index contributed by atoms with van der Waals surface area (Å²) in [5.74, 6) is 0.806. The predicted octanol–water partition coefficient (Wildman–Crippen LogP) is 2.75. The summed E-state index contributed by atoms with van der Waals surface area (Å²) < 4.78 is 14.3. The van der Waals surface area contributed by atoms with Crippen LogP contribution in [0.25, 0.3) is 0 Å². The lowest BCUT2D eigenvalue weighted by atomic mass is 9.73.